The molecule has 3 rings (SSSR count). The van der Waals surface area contributed by atoms with Crippen molar-refractivity contribution in [3.05, 3.63) is 29.3 Å². The zero-order valence-corrected chi connectivity index (χ0v) is 17.5. The average Bonchev–Trinajstić information content (AvgIpc) is 3.20. The lowest BCUT2D eigenvalue weighted by molar-refractivity contribution is -1.00. The van der Waals surface area contributed by atoms with Crippen LogP contribution in [0.5, 0.6) is 0 Å². The van der Waals surface area contributed by atoms with Crippen molar-refractivity contribution < 1.29 is 24.2 Å². The number of benzene rings is 1. The molecule has 0 atom stereocenters. The molecule has 158 valence electrons. The number of anilines is 1. The van der Waals surface area contributed by atoms with Crippen LogP contribution in [0.25, 0.3) is 0 Å². The van der Waals surface area contributed by atoms with E-state index in [2.05, 4.69) is 10.6 Å². The summed E-state index contributed by atoms with van der Waals surface area (Å²) in [5.74, 6) is -0.0272. The first-order chi connectivity index (χ1) is 13.9. The summed E-state index contributed by atoms with van der Waals surface area (Å²) in [5.41, 5.74) is 2.78. The third kappa shape index (κ3) is 6.27. The normalized spacial score (nSPS) is 21.7. The highest BCUT2D eigenvalue weighted by Gasteiger charge is 2.29. The Labute approximate surface area is 172 Å². The number of nitrogens with one attached hydrogen (secondary N) is 4. The van der Waals surface area contributed by atoms with E-state index in [-0.39, 0.29) is 18.4 Å². The predicted octanol–water partition coefficient (Wildman–Crippen LogP) is -1.64. The maximum atomic E-state index is 12.3. The predicted molar refractivity (Wildman–Crippen MR) is 110 cm³/mol. The molecule has 2 aliphatic heterocycles. The highest BCUT2D eigenvalue weighted by Crippen LogP contribution is 2.15. The SMILES string of the molecule is Cc1ccc(NC(=O)NC(=O)C[NH+]2CC[NH+](CC(=O)N3CCCC3)CC2)c(C)c1. The number of likely N-dealkylation sites (tertiary alicyclic amines) is 1. The Balaban J connectivity index is 1.36. The van der Waals surface area contributed by atoms with Crippen LogP contribution in [0.1, 0.15) is 24.0 Å². The van der Waals surface area contributed by atoms with Crippen molar-refractivity contribution in [3.8, 4) is 0 Å². The van der Waals surface area contributed by atoms with E-state index in [1.165, 1.54) is 4.90 Å². The van der Waals surface area contributed by atoms with E-state index in [1.807, 2.05) is 36.9 Å². The number of urea groups is 1. The van der Waals surface area contributed by atoms with E-state index in [1.54, 1.807) is 0 Å². The second kappa shape index (κ2) is 9.84. The van der Waals surface area contributed by atoms with E-state index in [0.717, 1.165) is 68.1 Å². The van der Waals surface area contributed by atoms with Crippen LogP contribution in [0.2, 0.25) is 0 Å². The molecule has 2 fully saturated rings. The molecule has 4 amide bonds. The summed E-state index contributed by atoms with van der Waals surface area (Å²) in [6.45, 7) is 9.93. The lowest BCUT2D eigenvalue weighted by Crippen LogP contribution is -3.28. The first-order valence-electron chi connectivity index (χ1n) is 10.5. The molecule has 1 aromatic rings. The highest BCUT2D eigenvalue weighted by atomic mass is 16.2. The molecule has 29 heavy (non-hydrogen) atoms. The molecule has 1 aromatic carbocycles. The van der Waals surface area contributed by atoms with Crippen LogP contribution in [-0.4, -0.2) is 75.1 Å². The number of aryl methyl sites for hydroxylation is 2. The molecule has 2 aliphatic rings. The number of nitrogens with zero attached hydrogens (tertiary/aromatic N) is 1. The molecule has 8 nitrogen and oxygen atoms in total. The van der Waals surface area contributed by atoms with Crippen molar-refractivity contribution in [1.29, 1.82) is 0 Å². The minimum Gasteiger partial charge on any atom is -0.338 e. The van der Waals surface area contributed by atoms with Gasteiger partial charge in [0.1, 0.15) is 26.2 Å². The number of hydrogen-bond acceptors (Lipinski definition) is 3. The number of quaternary nitrogens is 2. The molecule has 0 bridgehead atoms. The summed E-state index contributed by atoms with van der Waals surface area (Å²) >= 11 is 0. The molecular formula is C21H33N5O3+2. The minimum absolute atomic E-state index is 0.252. The van der Waals surface area contributed by atoms with E-state index < -0.39 is 6.03 Å². The molecule has 8 heteroatoms. The van der Waals surface area contributed by atoms with Crippen LogP contribution in [0, 0.1) is 13.8 Å². The standard InChI is InChI=1S/C21H31N5O3/c1-16-5-6-18(17(2)13-16)22-21(29)23-19(27)14-24-9-11-25(12-10-24)15-20(28)26-7-3-4-8-26/h5-6,13H,3-4,7-12,14-15H2,1-2H3,(H2,22,23,27,29)/p+2. The van der Waals surface area contributed by atoms with Gasteiger partial charge in [0, 0.05) is 18.8 Å². The minimum atomic E-state index is -0.498. The van der Waals surface area contributed by atoms with Crippen LogP contribution in [-0.2, 0) is 9.59 Å². The van der Waals surface area contributed by atoms with Gasteiger partial charge in [0.2, 0.25) is 0 Å². The van der Waals surface area contributed by atoms with Gasteiger partial charge in [-0.1, -0.05) is 17.7 Å². The Bertz CT molecular complexity index is 753. The second-order valence-corrected chi connectivity index (χ2v) is 8.26. The Morgan fingerprint density at radius 3 is 2.21 bits per heavy atom. The Hall–Kier alpha value is -2.45. The van der Waals surface area contributed by atoms with E-state index in [4.69, 9.17) is 0 Å². The van der Waals surface area contributed by atoms with Gasteiger partial charge >= 0.3 is 6.03 Å². The summed E-state index contributed by atoms with van der Waals surface area (Å²) in [5, 5.41) is 5.16. The molecule has 2 saturated heterocycles. The van der Waals surface area contributed by atoms with Crippen molar-refractivity contribution in [2.75, 3.05) is 57.7 Å². The summed E-state index contributed by atoms with van der Waals surface area (Å²) in [7, 11) is 0. The lowest BCUT2D eigenvalue weighted by Gasteiger charge is -2.29. The lowest BCUT2D eigenvalue weighted by atomic mass is 10.1. The smallest absolute Gasteiger partial charge is 0.326 e. The van der Waals surface area contributed by atoms with Crippen molar-refractivity contribution in [2.45, 2.75) is 26.7 Å². The van der Waals surface area contributed by atoms with E-state index in [0.29, 0.717) is 12.2 Å². The first-order valence-corrected chi connectivity index (χ1v) is 10.5. The third-order valence-electron chi connectivity index (χ3n) is 5.82. The molecule has 4 N–H and O–H groups in total. The number of imide groups is 1. The Morgan fingerprint density at radius 2 is 1.59 bits per heavy atom. The Morgan fingerprint density at radius 1 is 0.966 bits per heavy atom. The van der Waals surface area contributed by atoms with Crippen LogP contribution in [0.3, 0.4) is 0 Å². The molecule has 0 saturated carbocycles. The molecule has 2 heterocycles. The van der Waals surface area contributed by atoms with Gasteiger partial charge < -0.3 is 20.0 Å². The molecule has 0 aliphatic carbocycles. The second-order valence-electron chi connectivity index (χ2n) is 8.26. The van der Waals surface area contributed by atoms with Gasteiger partial charge in [-0.2, -0.15) is 0 Å². The number of piperazine rings is 1. The number of carbonyl (C=O) groups is 3. The van der Waals surface area contributed by atoms with Gasteiger partial charge in [0.05, 0.1) is 0 Å². The summed E-state index contributed by atoms with van der Waals surface area (Å²) in [6, 6.07) is 5.25. The van der Waals surface area contributed by atoms with Gasteiger partial charge in [-0.15, -0.1) is 0 Å². The summed E-state index contributed by atoms with van der Waals surface area (Å²) < 4.78 is 0. The van der Waals surface area contributed by atoms with Crippen LogP contribution >= 0.6 is 0 Å². The average molecular weight is 404 g/mol. The first kappa shape index (κ1) is 21.3. The summed E-state index contributed by atoms with van der Waals surface area (Å²) in [4.78, 5) is 41.0. The molecular weight excluding hydrogens is 370 g/mol. The highest BCUT2D eigenvalue weighted by molar-refractivity contribution is 6.01. The molecule has 0 spiro atoms. The fourth-order valence-corrected chi connectivity index (χ4v) is 4.11. The fraction of sp³-hybridized carbons (Fsp3) is 0.571. The number of hydrogen-bond donors (Lipinski definition) is 4. The number of rotatable bonds is 5. The molecule has 0 unspecified atom stereocenters. The van der Waals surface area contributed by atoms with E-state index in [9.17, 15) is 14.4 Å². The van der Waals surface area contributed by atoms with Gasteiger partial charge in [-0.05, 0) is 38.3 Å². The quantitative estimate of drug-likeness (QED) is 0.476. The maximum Gasteiger partial charge on any atom is 0.326 e. The van der Waals surface area contributed by atoms with Crippen molar-refractivity contribution in [1.82, 2.24) is 10.2 Å². The molecule has 0 aromatic heterocycles. The zero-order chi connectivity index (χ0) is 20.8. The summed E-state index contributed by atoms with van der Waals surface area (Å²) in [6.07, 6.45) is 2.23. The number of carbonyl (C=O) groups excluding carboxylic acids is 3. The maximum absolute atomic E-state index is 12.3. The van der Waals surface area contributed by atoms with E-state index >= 15 is 0 Å². The van der Waals surface area contributed by atoms with Crippen LogP contribution in [0.15, 0.2) is 18.2 Å². The zero-order valence-electron chi connectivity index (χ0n) is 17.5. The monoisotopic (exact) mass is 403 g/mol. The van der Waals surface area contributed by atoms with Gasteiger partial charge in [0.25, 0.3) is 11.8 Å². The fourth-order valence-electron chi connectivity index (χ4n) is 4.11. The van der Waals surface area contributed by atoms with Crippen LogP contribution < -0.4 is 20.4 Å². The van der Waals surface area contributed by atoms with Crippen molar-refractivity contribution >= 4 is 23.5 Å². The topological polar surface area (TPSA) is 87.4 Å². The Kier molecular flexibility index (Phi) is 7.22. The van der Waals surface area contributed by atoms with Gasteiger partial charge in [0.15, 0.2) is 13.1 Å². The van der Waals surface area contributed by atoms with Crippen LogP contribution in [0.4, 0.5) is 10.5 Å². The number of amides is 4. The van der Waals surface area contributed by atoms with Gasteiger partial charge in [-0.3, -0.25) is 14.9 Å². The van der Waals surface area contributed by atoms with Crippen molar-refractivity contribution in [3.63, 3.8) is 0 Å². The van der Waals surface area contributed by atoms with Gasteiger partial charge in [-0.25, -0.2) is 4.79 Å². The largest absolute Gasteiger partial charge is 0.338 e. The molecule has 0 radical (unpaired) electrons. The van der Waals surface area contributed by atoms with Crippen molar-refractivity contribution in [2.24, 2.45) is 0 Å². The third-order valence-corrected chi connectivity index (χ3v) is 5.82.